The number of nitrogens with zero attached hydrogens (tertiary/aromatic N) is 2. The van der Waals surface area contributed by atoms with Crippen LogP contribution in [0.25, 0.3) is 0 Å². The number of carbonyl (C=O) groups is 1. The first kappa shape index (κ1) is 28.3. The number of aliphatic hydroxyl groups is 1. The van der Waals surface area contributed by atoms with Gasteiger partial charge in [-0.05, 0) is 39.0 Å². The van der Waals surface area contributed by atoms with E-state index in [1.54, 1.807) is 12.3 Å². The van der Waals surface area contributed by atoms with Crippen LogP contribution >= 0.6 is 0 Å². The summed E-state index contributed by atoms with van der Waals surface area (Å²) in [6, 6.07) is 0. The Morgan fingerprint density at radius 2 is 1.71 bits per heavy atom. The Morgan fingerprint density at radius 1 is 1.00 bits per heavy atom. The normalized spacial score (nSPS) is 16.1. The average molecular weight is 435 g/mol. The minimum absolute atomic E-state index is 0.0271. The van der Waals surface area contributed by atoms with E-state index >= 15 is 0 Å². The third-order valence-electron chi connectivity index (χ3n) is 4.43. The SMILES string of the molecule is CC/C=C\CC(O)/C=C/C(/C=N/OC)C(C/C=C\C/C=C\CCC(=O)O)/C(C)=N/OC. The summed E-state index contributed by atoms with van der Waals surface area (Å²) in [7, 11) is 3.00. The van der Waals surface area contributed by atoms with Crippen LogP contribution in [-0.2, 0) is 14.5 Å². The van der Waals surface area contributed by atoms with Gasteiger partial charge in [-0.15, -0.1) is 0 Å². The Morgan fingerprint density at radius 3 is 2.35 bits per heavy atom. The van der Waals surface area contributed by atoms with Gasteiger partial charge >= 0.3 is 5.97 Å². The fourth-order valence-electron chi connectivity index (χ4n) is 2.81. The number of allylic oxidation sites excluding steroid dienone is 6. The first-order valence-electron chi connectivity index (χ1n) is 10.6. The molecule has 0 heterocycles. The zero-order valence-corrected chi connectivity index (χ0v) is 19.2. The Balaban J connectivity index is 5.19. The molecule has 3 unspecified atom stereocenters. The van der Waals surface area contributed by atoms with Crippen LogP contribution < -0.4 is 0 Å². The van der Waals surface area contributed by atoms with Crippen molar-refractivity contribution in [3.05, 3.63) is 48.6 Å². The van der Waals surface area contributed by atoms with Crippen LogP contribution in [0.2, 0.25) is 0 Å². The molecule has 2 N–H and O–H groups in total. The number of carboxylic acid groups (broad SMARTS) is 1. The lowest BCUT2D eigenvalue weighted by Crippen LogP contribution is -2.22. The minimum atomic E-state index is -0.792. The van der Waals surface area contributed by atoms with Crippen LogP contribution in [0.15, 0.2) is 58.9 Å². The molecule has 0 fully saturated rings. The van der Waals surface area contributed by atoms with Crippen LogP contribution in [0.5, 0.6) is 0 Å². The Hall–Kier alpha value is -2.67. The van der Waals surface area contributed by atoms with Gasteiger partial charge in [0.2, 0.25) is 0 Å². The van der Waals surface area contributed by atoms with Crippen LogP contribution in [-0.4, -0.2) is 48.4 Å². The van der Waals surface area contributed by atoms with Crippen LogP contribution in [0.1, 0.15) is 52.4 Å². The Bertz CT molecular complexity index is 650. The summed E-state index contributed by atoms with van der Waals surface area (Å²) in [6.07, 6.45) is 20.3. The maximum absolute atomic E-state index is 10.5. The van der Waals surface area contributed by atoms with E-state index in [1.807, 2.05) is 43.4 Å². The predicted molar refractivity (Wildman–Crippen MR) is 126 cm³/mol. The van der Waals surface area contributed by atoms with Gasteiger partial charge in [-0.3, -0.25) is 4.79 Å². The number of carboxylic acids is 1. The fourth-order valence-corrected chi connectivity index (χ4v) is 2.81. The molecule has 0 saturated carbocycles. The van der Waals surface area contributed by atoms with Crippen molar-refractivity contribution in [2.45, 2.75) is 58.5 Å². The lowest BCUT2D eigenvalue weighted by atomic mass is 9.85. The van der Waals surface area contributed by atoms with Crippen LogP contribution in [0.4, 0.5) is 0 Å². The van der Waals surface area contributed by atoms with Crippen molar-refractivity contribution in [3.8, 4) is 0 Å². The molecule has 7 nitrogen and oxygen atoms in total. The summed E-state index contributed by atoms with van der Waals surface area (Å²) in [5.41, 5.74) is 0.807. The lowest BCUT2D eigenvalue weighted by Gasteiger charge is -2.20. The molecule has 0 aliphatic rings. The topological polar surface area (TPSA) is 101 Å². The first-order chi connectivity index (χ1) is 15.0. The van der Waals surface area contributed by atoms with E-state index < -0.39 is 12.1 Å². The molecular formula is C24H38N2O5. The van der Waals surface area contributed by atoms with Gasteiger partial charge in [0.15, 0.2) is 0 Å². The van der Waals surface area contributed by atoms with Gasteiger partial charge in [0.05, 0.1) is 18.0 Å². The maximum atomic E-state index is 10.5. The largest absolute Gasteiger partial charge is 0.481 e. The van der Waals surface area contributed by atoms with Crippen molar-refractivity contribution in [1.29, 1.82) is 0 Å². The molecule has 7 heteroatoms. The molecule has 174 valence electrons. The Kier molecular flexibility index (Phi) is 17.6. The molecule has 0 aromatic carbocycles. The van der Waals surface area contributed by atoms with Crippen molar-refractivity contribution < 1.29 is 24.7 Å². The van der Waals surface area contributed by atoms with Crippen LogP contribution in [0, 0.1) is 11.8 Å². The molecule has 0 saturated heterocycles. The number of hydrogen-bond acceptors (Lipinski definition) is 6. The third-order valence-corrected chi connectivity index (χ3v) is 4.43. The highest BCUT2D eigenvalue weighted by molar-refractivity contribution is 5.87. The summed E-state index contributed by atoms with van der Waals surface area (Å²) in [4.78, 5) is 20.3. The molecule has 0 aromatic heterocycles. The molecule has 0 radical (unpaired) electrons. The number of aliphatic carboxylic acids is 1. The quantitative estimate of drug-likeness (QED) is 0.193. The van der Waals surface area contributed by atoms with E-state index in [1.165, 1.54) is 14.2 Å². The molecule has 0 aromatic rings. The average Bonchev–Trinajstić information content (AvgIpc) is 2.73. The number of hydrogen-bond donors (Lipinski definition) is 2. The highest BCUT2D eigenvalue weighted by Gasteiger charge is 2.21. The molecule has 0 aliphatic carbocycles. The fraction of sp³-hybridized carbons (Fsp3) is 0.542. The van der Waals surface area contributed by atoms with Crippen LogP contribution in [0.3, 0.4) is 0 Å². The van der Waals surface area contributed by atoms with E-state index in [9.17, 15) is 9.90 Å². The second-order valence-electron chi connectivity index (χ2n) is 6.95. The molecule has 0 bridgehead atoms. The second-order valence-corrected chi connectivity index (χ2v) is 6.95. The summed E-state index contributed by atoms with van der Waals surface area (Å²) in [5, 5.41) is 26.9. The van der Waals surface area contributed by atoms with Gasteiger partial charge in [0.25, 0.3) is 0 Å². The second kappa shape index (κ2) is 19.3. The highest BCUT2D eigenvalue weighted by atomic mass is 16.6. The lowest BCUT2D eigenvalue weighted by molar-refractivity contribution is -0.136. The standard InChI is InChI=1S/C24H38N2O5/c1-5-6-11-14-22(27)18-17-21(19-25-30-3)23(20(2)26-31-4)15-12-9-7-8-10-13-16-24(28)29/h6,8-12,17-19,21-23,27H,5,7,13-16H2,1-4H3,(H,28,29)/b10-8-,11-6-,12-9-,18-17+,25-19+,26-20+. The number of rotatable bonds is 17. The Labute approximate surface area is 186 Å². The molecule has 0 rings (SSSR count). The number of aliphatic hydroxyl groups excluding tert-OH is 1. The van der Waals surface area contributed by atoms with Crippen molar-refractivity contribution in [1.82, 2.24) is 0 Å². The zero-order chi connectivity index (χ0) is 23.3. The van der Waals surface area contributed by atoms with Gasteiger partial charge < -0.3 is 19.9 Å². The number of oxime groups is 2. The predicted octanol–water partition coefficient (Wildman–Crippen LogP) is 4.90. The van der Waals surface area contributed by atoms with Gasteiger partial charge in [-0.2, -0.15) is 0 Å². The van der Waals surface area contributed by atoms with E-state index in [0.717, 1.165) is 18.6 Å². The zero-order valence-electron chi connectivity index (χ0n) is 19.2. The van der Waals surface area contributed by atoms with Crippen molar-refractivity contribution in [2.24, 2.45) is 22.1 Å². The van der Waals surface area contributed by atoms with E-state index in [-0.39, 0.29) is 18.3 Å². The molecule has 3 atom stereocenters. The highest BCUT2D eigenvalue weighted by Crippen LogP contribution is 2.20. The molecule has 0 aliphatic heterocycles. The van der Waals surface area contributed by atoms with E-state index in [0.29, 0.717) is 19.3 Å². The van der Waals surface area contributed by atoms with E-state index in [4.69, 9.17) is 14.8 Å². The smallest absolute Gasteiger partial charge is 0.303 e. The van der Waals surface area contributed by atoms with Gasteiger partial charge in [-0.25, -0.2) is 0 Å². The third kappa shape index (κ3) is 15.8. The maximum Gasteiger partial charge on any atom is 0.303 e. The van der Waals surface area contributed by atoms with Gasteiger partial charge in [0, 0.05) is 18.3 Å². The molecule has 31 heavy (non-hydrogen) atoms. The monoisotopic (exact) mass is 434 g/mol. The molecule has 0 spiro atoms. The minimum Gasteiger partial charge on any atom is -0.481 e. The first-order valence-corrected chi connectivity index (χ1v) is 10.6. The van der Waals surface area contributed by atoms with Crippen molar-refractivity contribution in [3.63, 3.8) is 0 Å². The van der Waals surface area contributed by atoms with Crippen molar-refractivity contribution in [2.75, 3.05) is 14.2 Å². The van der Waals surface area contributed by atoms with Gasteiger partial charge in [0.1, 0.15) is 14.2 Å². The summed E-state index contributed by atoms with van der Waals surface area (Å²) in [5.74, 6) is -0.959. The molecular weight excluding hydrogens is 396 g/mol. The molecule has 0 amide bonds. The summed E-state index contributed by atoms with van der Waals surface area (Å²) in [6.45, 7) is 3.95. The van der Waals surface area contributed by atoms with Gasteiger partial charge in [-0.1, -0.05) is 65.8 Å². The summed E-state index contributed by atoms with van der Waals surface area (Å²) < 4.78 is 0. The summed E-state index contributed by atoms with van der Waals surface area (Å²) >= 11 is 0. The van der Waals surface area contributed by atoms with E-state index in [2.05, 4.69) is 23.3 Å². The van der Waals surface area contributed by atoms with Crippen molar-refractivity contribution >= 4 is 17.9 Å².